The third-order valence-electron chi connectivity index (χ3n) is 6.61. The molecule has 3 N–H and O–H groups in total. The molecule has 2 heterocycles. The Hall–Kier alpha value is -4.17. The van der Waals surface area contributed by atoms with E-state index < -0.39 is 0 Å². The molecule has 36 heavy (non-hydrogen) atoms. The van der Waals surface area contributed by atoms with E-state index in [1.54, 1.807) is 41.3 Å². The van der Waals surface area contributed by atoms with Gasteiger partial charge < -0.3 is 20.9 Å². The molecule has 8 nitrogen and oxygen atoms in total. The zero-order valence-corrected chi connectivity index (χ0v) is 20.2. The molecule has 2 aliphatic rings. The molecule has 5 rings (SSSR count). The van der Waals surface area contributed by atoms with Gasteiger partial charge in [-0.15, -0.1) is 0 Å². The van der Waals surface area contributed by atoms with Crippen molar-refractivity contribution in [1.29, 1.82) is 0 Å². The largest absolute Gasteiger partial charge is 0.348 e. The summed E-state index contributed by atoms with van der Waals surface area (Å²) in [5.41, 5.74) is 5.98. The highest BCUT2D eigenvalue weighted by Gasteiger charge is 2.21. The van der Waals surface area contributed by atoms with Gasteiger partial charge in [-0.05, 0) is 78.7 Å². The van der Waals surface area contributed by atoms with Crippen LogP contribution in [-0.4, -0.2) is 49.4 Å². The summed E-state index contributed by atoms with van der Waals surface area (Å²) >= 11 is 0. The molecule has 0 radical (unpaired) electrons. The van der Waals surface area contributed by atoms with E-state index >= 15 is 0 Å². The van der Waals surface area contributed by atoms with Crippen molar-refractivity contribution < 1.29 is 14.4 Å². The summed E-state index contributed by atoms with van der Waals surface area (Å²) in [4.78, 5) is 41.2. The Balaban J connectivity index is 1.19. The van der Waals surface area contributed by atoms with E-state index in [0.717, 1.165) is 36.4 Å². The number of nitrogens with zero attached hydrogens (tertiary/aromatic N) is 2. The molecule has 3 aromatic carbocycles. The maximum atomic E-state index is 12.9. The van der Waals surface area contributed by atoms with Gasteiger partial charge in [0.05, 0.1) is 0 Å². The SMILES string of the molecule is CN1CCc2ccc(NC(=O)c3cccc(CNC(=O)c4ccc(N5CCNC5=O)cc4)c3)cc2C1. The van der Waals surface area contributed by atoms with Gasteiger partial charge in [-0.1, -0.05) is 18.2 Å². The van der Waals surface area contributed by atoms with Crippen molar-refractivity contribution in [2.75, 3.05) is 36.9 Å². The van der Waals surface area contributed by atoms with Gasteiger partial charge in [0, 0.05) is 55.2 Å². The van der Waals surface area contributed by atoms with Crippen LogP contribution in [0, 0.1) is 0 Å². The molecule has 8 heteroatoms. The fourth-order valence-corrected chi connectivity index (χ4v) is 4.60. The van der Waals surface area contributed by atoms with Crippen LogP contribution in [0.4, 0.5) is 16.2 Å². The van der Waals surface area contributed by atoms with Crippen LogP contribution in [0.2, 0.25) is 0 Å². The van der Waals surface area contributed by atoms with Crippen LogP contribution in [0.15, 0.2) is 66.7 Å². The van der Waals surface area contributed by atoms with Gasteiger partial charge in [-0.25, -0.2) is 4.79 Å². The number of carbonyl (C=O) groups excluding carboxylic acids is 3. The van der Waals surface area contributed by atoms with Gasteiger partial charge >= 0.3 is 6.03 Å². The number of amides is 4. The highest BCUT2D eigenvalue weighted by molar-refractivity contribution is 6.04. The van der Waals surface area contributed by atoms with E-state index in [9.17, 15) is 14.4 Å². The zero-order chi connectivity index (χ0) is 25.1. The van der Waals surface area contributed by atoms with Crippen molar-refractivity contribution in [2.24, 2.45) is 0 Å². The van der Waals surface area contributed by atoms with Gasteiger partial charge in [0.2, 0.25) is 0 Å². The Labute approximate surface area is 210 Å². The first-order valence-corrected chi connectivity index (χ1v) is 12.1. The first-order valence-electron chi connectivity index (χ1n) is 12.1. The third-order valence-corrected chi connectivity index (χ3v) is 6.61. The summed E-state index contributed by atoms with van der Waals surface area (Å²) in [5, 5.41) is 8.66. The predicted octanol–water partition coefficient (Wildman–Crippen LogP) is 3.39. The summed E-state index contributed by atoms with van der Waals surface area (Å²) in [5.74, 6) is -0.407. The van der Waals surface area contributed by atoms with Crippen LogP contribution in [-0.2, 0) is 19.5 Å². The molecule has 0 spiro atoms. The lowest BCUT2D eigenvalue weighted by molar-refractivity contribution is 0.0950. The summed E-state index contributed by atoms with van der Waals surface area (Å²) in [7, 11) is 2.10. The number of fused-ring (bicyclic) bond motifs is 1. The fraction of sp³-hybridized carbons (Fsp3) is 0.250. The Morgan fingerprint density at radius 3 is 2.53 bits per heavy atom. The second kappa shape index (κ2) is 10.2. The number of benzene rings is 3. The van der Waals surface area contributed by atoms with Gasteiger partial charge in [-0.3, -0.25) is 14.5 Å². The molecule has 184 valence electrons. The van der Waals surface area contributed by atoms with Gasteiger partial charge in [0.15, 0.2) is 0 Å². The Bertz CT molecular complexity index is 1300. The second-order valence-corrected chi connectivity index (χ2v) is 9.24. The lowest BCUT2D eigenvalue weighted by Gasteiger charge is -2.25. The van der Waals surface area contributed by atoms with Gasteiger partial charge in [0.25, 0.3) is 11.8 Å². The van der Waals surface area contributed by atoms with Crippen LogP contribution >= 0.6 is 0 Å². The lowest BCUT2D eigenvalue weighted by atomic mass is 9.99. The van der Waals surface area contributed by atoms with E-state index in [4.69, 9.17) is 0 Å². The first-order chi connectivity index (χ1) is 17.5. The number of hydrogen-bond acceptors (Lipinski definition) is 4. The average Bonchev–Trinajstić information content (AvgIpc) is 3.33. The van der Waals surface area contributed by atoms with Crippen LogP contribution < -0.4 is 20.9 Å². The van der Waals surface area contributed by atoms with Crippen molar-refractivity contribution >= 4 is 29.2 Å². The maximum absolute atomic E-state index is 12.9. The molecule has 0 saturated carbocycles. The fourth-order valence-electron chi connectivity index (χ4n) is 4.60. The number of hydrogen-bond donors (Lipinski definition) is 3. The molecule has 4 amide bonds. The minimum atomic E-state index is -0.221. The number of likely N-dealkylation sites (N-methyl/N-ethyl adjacent to an activating group) is 1. The van der Waals surface area contributed by atoms with Gasteiger partial charge in [-0.2, -0.15) is 0 Å². The van der Waals surface area contributed by atoms with Crippen LogP contribution in [0.25, 0.3) is 0 Å². The lowest BCUT2D eigenvalue weighted by Crippen LogP contribution is -2.28. The molecule has 3 aromatic rings. The van der Waals surface area contributed by atoms with E-state index in [-0.39, 0.29) is 17.8 Å². The number of anilines is 2. The molecule has 2 aliphatic heterocycles. The monoisotopic (exact) mass is 483 g/mol. The standard InChI is InChI=1S/C28H29N5O3/c1-32-13-11-20-5-8-24(16-23(20)18-32)31-27(35)22-4-2-3-19(15-22)17-30-26(34)21-6-9-25(10-7-21)33-14-12-29-28(33)36/h2-10,15-16H,11-14,17-18H2,1H3,(H,29,36)(H,30,34)(H,31,35). The van der Waals surface area contributed by atoms with Crippen molar-refractivity contribution in [3.8, 4) is 0 Å². The molecule has 0 aliphatic carbocycles. The maximum Gasteiger partial charge on any atom is 0.321 e. The van der Waals surface area contributed by atoms with Crippen LogP contribution in [0.1, 0.15) is 37.4 Å². The van der Waals surface area contributed by atoms with E-state index in [1.165, 1.54) is 11.1 Å². The van der Waals surface area contributed by atoms with Crippen molar-refractivity contribution in [3.05, 3.63) is 94.5 Å². The van der Waals surface area contributed by atoms with E-state index in [2.05, 4.69) is 34.0 Å². The number of rotatable bonds is 6. The molecule has 1 saturated heterocycles. The van der Waals surface area contributed by atoms with Crippen LogP contribution in [0.5, 0.6) is 0 Å². The summed E-state index contributed by atoms with van der Waals surface area (Å²) < 4.78 is 0. The molecule has 0 aromatic heterocycles. The minimum Gasteiger partial charge on any atom is -0.348 e. The Morgan fingerprint density at radius 2 is 1.75 bits per heavy atom. The molecule has 0 atom stereocenters. The highest BCUT2D eigenvalue weighted by atomic mass is 16.2. The zero-order valence-electron chi connectivity index (χ0n) is 20.2. The minimum absolute atomic E-state index is 0.129. The predicted molar refractivity (Wildman–Crippen MR) is 139 cm³/mol. The number of carbonyl (C=O) groups is 3. The van der Waals surface area contributed by atoms with Crippen molar-refractivity contribution in [2.45, 2.75) is 19.5 Å². The molecular weight excluding hydrogens is 454 g/mol. The van der Waals surface area contributed by atoms with Crippen molar-refractivity contribution in [3.63, 3.8) is 0 Å². The average molecular weight is 484 g/mol. The van der Waals surface area contributed by atoms with Gasteiger partial charge in [0.1, 0.15) is 0 Å². The third kappa shape index (κ3) is 5.23. The van der Waals surface area contributed by atoms with Crippen LogP contribution in [0.3, 0.4) is 0 Å². The smallest absolute Gasteiger partial charge is 0.321 e. The quantitative estimate of drug-likeness (QED) is 0.501. The second-order valence-electron chi connectivity index (χ2n) is 9.24. The molecule has 1 fully saturated rings. The van der Waals surface area contributed by atoms with E-state index in [1.807, 2.05) is 24.3 Å². The molecular formula is C28H29N5O3. The van der Waals surface area contributed by atoms with Crippen molar-refractivity contribution in [1.82, 2.24) is 15.5 Å². The Kier molecular flexibility index (Phi) is 6.69. The first kappa shape index (κ1) is 23.6. The number of urea groups is 1. The summed E-state index contributed by atoms with van der Waals surface area (Å²) in [6, 6.07) is 20.2. The van der Waals surface area contributed by atoms with E-state index in [0.29, 0.717) is 30.8 Å². The molecule has 0 bridgehead atoms. The summed E-state index contributed by atoms with van der Waals surface area (Å²) in [6.07, 6.45) is 1.02. The summed E-state index contributed by atoms with van der Waals surface area (Å²) in [6.45, 7) is 3.44. The molecule has 0 unspecified atom stereocenters. The number of nitrogens with one attached hydrogen (secondary N) is 3. The normalized spacial score (nSPS) is 15.2. The Morgan fingerprint density at radius 1 is 0.917 bits per heavy atom. The highest BCUT2D eigenvalue weighted by Crippen LogP contribution is 2.22. The topological polar surface area (TPSA) is 93.8 Å².